The number of aryl methyl sites for hydroxylation is 1. The van der Waals surface area contributed by atoms with Crippen molar-refractivity contribution in [2.24, 2.45) is 5.92 Å². The summed E-state index contributed by atoms with van der Waals surface area (Å²) in [4.78, 5) is 22.9. The van der Waals surface area contributed by atoms with Gasteiger partial charge in [0, 0.05) is 19.1 Å². The maximum absolute atomic E-state index is 12.1. The Kier molecular flexibility index (Phi) is 6.16. The number of carboxylic acid groups (broad SMARTS) is 1. The third-order valence-corrected chi connectivity index (χ3v) is 4.27. The number of hydrogen-bond acceptors (Lipinski definition) is 3. The molecule has 1 aliphatic rings. The lowest BCUT2D eigenvalue weighted by Gasteiger charge is -2.32. The molecule has 0 saturated carbocycles. The number of amides is 1. The third-order valence-electron chi connectivity index (χ3n) is 4.27. The summed E-state index contributed by atoms with van der Waals surface area (Å²) in [5.74, 6) is -0.433. The Balaban J connectivity index is 1.77. The van der Waals surface area contributed by atoms with Crippen LogP contribution in [-0.2, 0) is 16.0 Å². The average Bonchev–Trinajstić information content (AvgIpc) is 2.53. The van der Waals surface area contributed by atoms with Crippen LogP contribution in [0.15, 0.2) is 24.3 Å². The molecule has 0 bridgehead atoms. The molecule has 1 saturated heterocycles. The van der Waals surface area contributed by atoms with Crippen LogP contribution in [0.25, 0.3) is 0 Å². The van der Waals surface area contributed by atoms with Crippen LogP contribution in [0.2, 0.25) is 0 Å². The predicted octanol–water partition coefficient (Wildman–Crippen LogP) is 2.64. The zero-order valence-electron chi connectivity index (χ0n) is 13.7. The highest BCUT2D eigenvalue weighted by molar-refractivity contribution is 5.87. The van der Waals surface area contributed by atoms with Crippen LogP contribution in [-0.4, -0.2) is 35.7 Å². The van der Waals surface area contributed by atoms with Crippen LogP contribution in [0.5, 0.6) is 0 Å². The number of benzene rings is 1. The molecule has 5 heteroatoms. The second kappa shape index (κ2) is 8.11. The number of carbonyl (C=O) groups excluding carboxylic acids is 1. The van der Waals surface area contributed by atoms with E-state index < -0.39 is 5.97 Å². The molecular weight excluding hydrogens is 294 g/mol. The van der Waals surface area contributed by atoms with E-state index in [0.29, 0.717) is 25.4 Å². The molecule has 0 spiro atoms. The fourth-order valence-corrected chi connectivity index (χ4v) is 2.80. The van der Waals surface area contributed by atoms with Gasteiger partial charge in [0.1, 0.15) is 0 Å². The maximum Gasteiger partial charge on any atom is 0.335 e. The minimum atomic E-state index is -0.937. The normalized spacial score (nSPS) is 21.2. The van der Waals surface area contributed by atoms with Gasteiger partial charge in [-0.05, 0) is 42.9 Å². The van der Waals surface area contributed by atoms with E-state index in [1.165, 1.54) is 0 Å². The van der Waals surface area contributed by atoms with Crippen LogP contribution in [0.1, 0.15) is 49.0 Å². The quantitative estimate of drug-likeness (QED) is 0.845. The van der Waals surface area contributed by atoms with Crippen molar-refractivity contribution < 1.29 is 19.4 Å². The molecule has 23 heavy (non-hydrogen) atoms. The Morgan fingerprint density at radius 1 is 1.30 bits per heavy atom. The summed E-state index contributed by atoms with van der Waals surface area (Å²) >= 11 is 0. The number of hydrogen-bond donors (Lipinski definition) is 2. The minimum Gasteiger partial charge on any atom is -0.478 e. The molecule has 1 fully saturated rings. The Hall–Kier alpha value is -1.88. The first-order chi connectivity index (χ1) is 11.0. The summed E-state index contributed by atoms with van der Waals surface area (Å²) in [5.41, 5.74) is 1.23. The molecule has 0 radical (unpaired) electrons. The molecule has 2 N–H and O–H groups in total. The highest BCUT2D eigenvalue weighted by atomic mass is 16.5. The smallest absolute Gasteiger partial charge is 0.335 e. The molecule has 1 aliphatic heterocycles. The van der Waals surface area contributed by atoms with Gasteiger partial charge < -0.3 is 15.2 Å². The van der Waals surface area contributed by atoms with Crippen molar-refractivity contribution in [3.05, 3.63) is 35.4 Å². The topological polar surface area (TPSA) is 75.6 Å². The Labute approximate surface area is 137 Å². The minimum absolute atomic E-state index is 0.0433. The van der Waals surface area contributed by atoms with Gasteiger partial charge >= 0.3 is 5.97 Å². The highest BCUT2D eigenvalue weighted by Gasteiger charge is 2.25. The van der Waals surface area contributed by atoms with Crippen LogP contribution < -0.4 is 5.32 Å². The molecule has 1 aromatic carbocycles. The van der Waals surface area contributed by atoms with E-state index in [4.69, 9.17) is 9.84 Å². The molecule has 1 aromatic rings. The summed E-state index contributed by atoms with van der Waals surface area (Å²) in [7, 11) is 0. The highest BCUT2D eigenvalue weighted by Crippen LogP contribution is 2.20. The van der Waals surface area contributed by atoms with E-state index in [1.54, 1.807) is 24.3 Å². The third kappa shape index (κ3) is 5.36. The summed E-state index contributed by atoms with van der Waals surface area (Å²) < 4.78 is 5.71. The van der Waals surface area contributed by atoms with Crippen molar-refractivity contribution in [3.63, 3.8) is 0 Å². The first-order valence-corrected chi connectivity index (χ1v) is 8.19. The average molecular weight is 319 g/mol. The monoisotopic (exact) mass is 319 g/mol. The molecule has 1 heterocycles. The van der Waals surface area contributed by atoms with Gasteiger partial charge in [0.05, 0.1) is 11.7 Å². The van der Waals surface area contributed by atoms with Crippen LogP contribution in [0, 0.1) is 5.92 Å². The summed E-state index contributed by atoms with van der Waals surface area (Å²) in [5, 5.41) is 12.0. The maximum atomic E-state index is 12.1. The summed E-state index contributed by atoms with van der Waals surface area (Å²) in [6, 6.07) is 6.86. The van der Waals surface area contributed by atoms with E-state index in [2.05, 4.69) is 19.2 Å². The van der Waals surface area contributed by atoms with Crippen LogP contribution >= 0.6 is 0 Å². The zero-order chi connectivity index (χ0) is 16.8. The molecule has 1 amide bonds. The van der Waals surface area contributed by atoms with Crippen molar-refractivity contribution in [2.75, 3.05) is 6.61 Å². The number of ether oxygens (including phenoxy) is 1. The standard InChI is InChI=1S/C18H25NO4/c1-12(2)16-11-15(9-10-23-16)19-17(20)8-5-13-3-6-14(7-4-13)18(21)22/h3-4,6-7,12,15-16H,5,8-11H2,1-2H3,(H,19,20)(H,21,22). The van der Waals surface area contributed by atoms with Crippen molar-refractivity contribution >= 4 is 11.9 Å². The molecular formula is C18H25NO4. The largest absolute Gasteiger partial charge is 0.478 e. The molecule has 0 aliphatic carbocycles. The first-order valence-electron chi connectivity index (χ1n) is 8.19. The van der Waals surface area contributed by atoms with E-state index in [9.17, 15) is 9.59 Å². The lowest BCUT2D eigenvalue weighted by atomic mass is 9.95. The summed E-state index contributed by atoms with van der Waals surface area (Å²) in [6.45, 7) is 4.97. The number of carbonyl (C=O) groups is 2. The van der Waals surface area contributed by atoms with Gasteiger partial charge in [0.15, 0.2) is 0 Å². The second-order valence-corrected chi connectivity index (χ2v) is 6.44. The second-order valence-electron chi connectivity index (χ2n) is 6.44. The molecule has 2 rings (SSSR count). The van der Waals surface area contributed by atoms with Gasteiger partial charge in [-0.25, -0.2) is 4.79 Å². The van der Waals surface area contributed by atoms with E-state index in [0.717, 1.165) is 18.4 Å². The van der Waals surface area contributed by atoms with E-state index in [-0.39, 0.29) is 23.6 Å². The van der Waals surface area contributed by atoms with Gasteiger partial charge in [-0.3, -0.25) is 4.79 Å². The van der Waals surface area contributed by atoms with Crippen molar-refractivity contribution in [2.45, 2.75) is 51.7 Å². The number of aromatic carboxylic acids is 1. The molecule has 5 nitrogen and oxygen atoms in total. The van der Waals surface area contributed by atoms with E-state index >= 15 is 0 Å². The Bertz CT molecular complexity index is 538. The van der Waals surface area contributed by atoms with Crippen molar-refractivity contribution in [1.29, 1.82) is 0 Å². The first kappa shape index (κ1) is 17.5. The van der Waals surface area contributed by atoms with Crippen molar-refractivity contribution in [1.82, 2.24) is 5.32 Å². The van der Waals surface area contributed by atoms with Crippen molar-refractivity contribution in [3.8, 4) is 0 Å². The lowest BCUT2D eigenvalue weighted by molar-refractivity contribution is -0.123. The Morgan fingerprint density at radius 3 is 2.61 bits per heavy atom. The predicted molar refractivity (Wildman–Crippen MR) is 87.5 cm³/mol. The number of nitrogens with one attached hydrogen (secondary N) is 1. The van der Waals surface area contributed by atoms with Crippen LogP contribution in [0.4, 0.5) is 0 Å². The SMILES string of the molecule is CC(C)C1CC(NC(=O)CCc2ccc(C(=O)O)cc2)CCO1. The van der Waals surface area contributed by atoms with Crippen LogP contribution in [0.3, 0.4) is 0 Å². The number of carboxylic acids is 1. The molecule has 2 atom stereocenters. The van der Waals surface area contributed by atoms with Gasteiger partial charge in [-0.2, -0.15) is 0 Å². The molecule has 126 valence electrons. The number of rotatable bonds is 6. The van der Waals surface area contributed by atoms with Gasteiger partial charge in [0.25, 0.3) is 0 Å². The molecule has 0 aromatic heterocycles. The van der Waals surface area contributed by atoms with Gasteiger partial charge in [-0.15, -0.1) is 0 Å². The molecule has 2 unspecified atom stereocenters. The van der Waals surface area contributed by atoms with Gasteiger partial charge in [0.2, 0.25) is 5.91 Å². The van der Waals surface area contributed by atoms with Gasteiger partial charge in [-0.1, -0.05) is 26.0 Å². The summed E-state index contributed by atoms with van der Waals surface area (Å²) in [6.07, 6.45) is 2.98. The fourth-order valence-electron chi connectivity index (χ4n) is 2.80. The zero-order valence-corrected chi connectivity index (χ0v) is 13.7. The van der Waals surface area contributed by atoms with E-state index in [1.807, 2.05) is 0 Å². The Morgan fingerprint density at radius 2 is 2.00 bits per heavy atom. The lowest BCUT2D eigenvalue weighted by Crippen LogP contribution is -2.43. The fraction of sp³-hybridized carbons (Fsp3) is 0.556.